The third kappa shape index (κ3) is 1.98. The molecule has 0 aromatic heterocycles. The Hall–Kier alpha value is -1.60. The molecular weight excluding hydrogens is 206 g/mol. The highest BCUT2D eigenvalue weighted by molar-refractivity contribution is 5.68. The third-order valence-electron chi connectivity index (χ3n) is 3.64. The highest BCUT2D eigenvalue weighted by Crippen LogP contribution is 2.28. The van der Waals surface area contributed by atoms with Gasteiger partial charge in [0, 0.05) is 12.6 Å². The lowest BCUT2D eigenvalue weighted by Crippen LogP contribution is -1.88. The number of aryl methyl sites for hydroxylation is 1. The molecule has 2 aromatic carbocycles. The van der Waals surface area contributed by atoms with E-state index in [0.29, 0.717) is 6.04 Å². The minimum Gasteiger partial charge on any atom is -0.307 e. The van der Waals surface area contributed by atoms with Crippen LogP contribution in [-0.4, -0.2) is 6.54 Å². The summed E-state index contributed by atoms with van der Waals surface area (Å²) in [4.78, 5) is 0. The monoisotopic (exact) mass is 223 g/mol. The minimum absolute atomic E-state index is 0.600. The second-order valence-electron chi connectivity index (χ2n) is 4.83. The van der Waals surface area contributed by atoms with Gasteiger partial charge in [-0.25, -0.2) is 0 Å². The summed E-state index contributed by atoms with van der Waals surface area (Å²) in [7, 11) is 0. The number of hydrogen-bond acceptors (Lipinski definition) is 1. The fraction of sp³-hybridized carbons (Fsp3) is 0.250. The first-order valence-electron chi connectivity index (χ1n) is 6.15. The van der Waals surface area contributed by atoms with Gasteiger partial charge in [-0.3, -0.25) is 0 Å². The first-order chi connectivity index (χ1) is 8.25. The maximum absolute atomic E-state index is 3.33. The van der Waals surface area contributed by atoms with E-state index in [1.807, 2.05) is 0 Å². The SMILES string of the molecule is Cc1cccc(-c2ccc([C@@H]3CN3)cc2)c1C. The Morgan fingerprint density at radius 2 is 1.71 bits per heavy atom. The van der Waals surface area contributed by atoms with Crippen molar-refractivity contribution in [2.45, 2.75) is 19.9 Å². The second kappa shape index (κ2) is 4.01. The average molecular weight is 223 g/mol. The van der Waals surface area contributed by atoms with E-state index in [-0.39, 0.29) is 0 Å². The van der Waals surface area contributed by atoms with Crippen molar-refractivity contribution in [3.8, 4) is 11.1 Å². The number of hydrogen-bond donors (Lipinski definition) is 1. The minimum atomic E-state index is 0.600. The zero-order chi connectivity index (χ0) is 11.8. The van der Waals surface area contributed by atoms with Crippen LogP contribution in [0.25, 0.3) is 11.1 Å². The molecule has 1 N–H and O–H groups in total. The molecule has 0 aliphatic carbocycles. The molecule has 1 heteroatoms. The van der Waals surface area contributed by atoms with Crippen LogP contribution in [0.15, 0.2) is 42.5 Å². The van der Waals surface area contributed by atoms with E-state index in [2.05, 4.69) is 61.6 Å². The maximum Gasteiger partial charge on any atom is 0.0447 e. The van der Waals surface area contributed by atoms with Gasteiger partial charge < -0.3 is 5.32 Å². The molecular formula is C16H17N. The van der Waals surface area contributed by atoms with Gasteiger partial charge >= 0.3 is 0 Å². The summed E-state index contributed by atoms with van der Waals surface area (Å²) < 4.78 is 0. The Kier molecular flexibility index (Phi) is 2.49. The van der Waals surface area contributed by atoms with Crippen LogP contribution in [0.5, 0.6) is 0 Å². The van der Waals surface area contributed by atoms with Crippen LogP contribution >= 0.6 is 0 Å². The van der Waals surface area contributed by atoms with E-state index >= 15 is 0 Å². The fourth-order valence-corrected chi connectivity index (χ4v) is 2.25. The fourth-order valence-electron chi connectivity index (χ4n) is 2.25. The van der Waals surface area contributed by atoms with Gasteiger partial charge in [-0.1, -0.05) is 42.5 Å². The topological polar surface area (TPSA) is 21.9 Å². The van der Waals surface area contributed by atoms with Gasteiger partial charge in [0.1, 0.15) is 0 Å². The van der Waals surface area contributed by atoms with Crippen LogP contribution in [0.2, 0.25) is 0 Å². The molecule has 1 aliphatic rings. The molecule has 0 saturated carbocycles. The average Bonchev–Trinajstić information content (AvgIpc) is 3.17. The van der Waals surface area contributed by atoms with Crippen molar-refractivity contribution in [1.82, 2.24) is 5.32 Å². The van der Waals surface area contributed by atoms with E-state index in [9.17, 15) is 0 Å². The van der Waals surface area contributed by atoms with Gasteiger partial charge in [-0.15, -0.1) is 0 Å². The van der Waals surface area contributed by atoms with Crippen molar-refractivity contribution in [2.75, 3.05) is 6.54 Å². The van der Waals surface area contributed by atoms with E-state index in [4.69, 9.17) is 0 Å². The van der Waals surface area contributed by atoms with E-state index < -0.39 is 0 Å². The van der Waals surface area contributed by atoms with Gasteiger partial charge in [0.25, 0.3) is 0 Å². The third-order valence-corrected chi connectivity index (χ3v) is 3.64. The van der Waals surface area contributed by atoms with Gasteiger partial charge in [0.2, 0.25) is 0 Å². The molecule has 1 atom stereocenters. The summed E-state index contributed by atoms with van der Waals surface area (Å²) >= 11 is 0. The van der Waals surface area contributed by atoms with Gasteiger partial charge in [-0.05, 0) is 41.7 Å². The highest BCUT2D eigenvalue weighted by Gasteiger charge is 2.21. The van der Waals surface area contributed by atoms with Gasteiger partial charge in [0.05, 0.1) is 0 Å². The Morgan fingerprint density at radius 1 is 1.00 bits per heavy atom. The molecule has 2 aromatic rings. The maximum atomic E-state index is 3.33. The molecule has 1 fully saturated rings. The summed E-state index contributed by atoms with van der Waals surface area (Å²) in [6.45, 7) is 5.49. The number of benzene rings is 2. The molecule has 0 bridgehead atoms. The number of nitrogens with one attached hydrogen (secondary N) is 1. The summed E-state index contributed by atoms with van der Waals surface area (Å²) in [5.41, 5.74) is 6.80. The Labute approximate surface area is 102 Å². The lowest BCUT2D eigenvalue weighted by molar-refractivity contribution is 1.08. The predicted molar refractivity (Wildman–Crippen MR) is 72.1 cm³/mol. The molecule has 0 radical (unpaired) electrons. The smallest absolute Gasteiger partial charge is 0.0447 e. The molecule has 0 amide bonds. The number of rotatable bonds is 2. The van der Waals surface area contributed by atoms with Crippen LogP contribution in [0, 0.1) is 13.8 Å². The van der Waals surface area contributed by atoms with E-state index in [1.165, 1.54) is 27.8 Å². The Morgan fingerprint density at radius 3 is 2.35 bits per heavy atom. The van der Waals surface area contributed by atoms with Crippen LogP contribution < -0.4 is 5.32 Å². The van der Waals surface area contributed by atoms with Gasteiger partial charge in [0.15, 0.2) is 0 Å². The standard InChI is InChI=1S/C16H17N/c1-11-4-3-5-15(12(11)2)13-6-8-14(9-7-13)16-10-17-16/h3-9,16-17H,10H2,1-2H3/t16-/m0/s1. The van der Waals surface area contributed by atoms with Crippen LogP contribution in [0.4, 0.5) is 0 Å². The zero-order valence-corrected chi connectivity index (χ0v) is 10.3. The molecule has 1 heterocycles. The molecule has 3 rings (SSSR count). The predicted octanol–water partition coefficient (Wildman–Crippen LogP) is 3.61. The van der Waals surface area contributed by atoms with Crippen molar-refractivity contribution < 1.29 is 0 Å². The Balaban J connectivity index is 2.00. The van der Waals surface area contributed by atoms with E-state index in [0.717, 1.165) is 6.54 Å². The molecule has 17 heavy (non-hydrogen) atoms. The quantitative estimate of drug-likeness (QED) is 0.772. The summed E-state index contributed by atoms with van der Waals surface area (Å²) in [6, 6.07) is 16.0. The first-order valence-corrected chi connectivity index (χ1v) is 6.15. The van der Waals surface area contributed by atoms with Crippen molar-refractivity contribution in [3.63, 3.8) is 0 Å². The lowest BCUT2D eigenvalue weighted by atomic mass is 9.96. The van der Waals surface area contributed by atoms with Crippen LogP contribution in [-0.2, 0) is 0 Å². The van der Waals surface area contributed by atoms with Crippen LogP contribution in [0.3, 0.4) is 0 Å². The molecule has 0 spiro atoms. The Bertz CT molecular complexity index is 536. The summed E-state index contributed by atoms with van der Waals surface area (Å²) in [5, 5.41) is 3.33. The lowest BCUT2D eigenvalue weighted by Gasteiger charge is -2.09. The van der Waals surface area contributed by atoms with Crippen molar-refractivity contribution in [3.05, 3.63) is 59.2 Å². The molecule has 1 saturated heterocycles. The summed E-state index contributed by atoms with van der Waals surface area (Å²) in [5.74, 6) is 0. The summed E-state index contributed by atoms with van der Waals surface area (Å²) in [6.07, 6.45) is 0. The molecule has 1 nitrogen and oxygen atoms in total. The normalized spacial score (nSPS) is 18.1. The molecule has 1 aliphatic heterocycles. The van der Waals surface area contributed by atoms with Crippen LogP contribution in [0.1, 0.15) is 22.7 Å². The van der Waals surface area contributed by atoms with Crippen molar-refractivity contribution in [2.24, 2.45) is 0 Å². The molecule has 86 valence electrons. The molecule has 0 unspecified atom stereocenters. The zero-order valence-electron chi connectivity index (χ0n) is 10.3. The first kappa shape index (κ1) is 10.5. The largest absolute Gasteiger partial charge is 0.307 e. The highest BCUT2D eigenvalue weighted by atomic mass is 15.1. The van der Waals surface area contributed by atoms with Gasteiger partial charge in [-0.2, -0.15) is 0 Å². The second-order valence-corrected chi connectivity index (χ2v) is 4.83. The van der Waals surface area contributed by atoms with Crippen molar-refractivity contribution >= 4 is 0 Å². The van der Waals surface area contributed by atoms with Crippen molar-refractivity contribution in [1.29, 1.82) is 0 Å². The van der Waals surface area contributed by atoms with E-state index in [1.54, 1.807) is 0 Å².